The highest BCUT2D eigenvalue weighted by molar-refractivity contribution is 7.92. The second-order valence-corrected chi connectivity index (χ2v) is 26.2. The van der Waals surface area contributed by atoms with Gasteiger partial charge in [-0.05, 0) is 125 Å². The fourth-order valence-electron chi connectivity index (χ4n) is 11.5. The molecule has 4 aliphatic rings. The summed E-state index contributed by atoms with van der Waals surface area (Å²) in [5, 5.41) is 13.6. The molecule has 1 aliphatic carbocycles. The van der Waals surface area contributed by atoms with Gasteiger partial charge in [0.25, 0.3) is 11.8 Å². The summed E-state index contributed by atoms with van der Waals surface area (Å²) < 4.78 is 58.2. The maximum atomic E-state index is 14.8. The average molecular weight is 1130 g/mol. The first kappa shape index (κ1) is 54.1. The number of anilines is 4. The summed E-state index contributed by atoms with van der Waals surface area (Å²) >= 11 is 6.32. The highest BCUT2D eigenvalue weighted by Gasteiger charge is 2.39. The van der Waals surface area contributed by atoms with Crippen LogP contribution in [-0.2, 0) is 32.9 Å². The fraction of sp³-hybridized carbons (Fsp3) is 0.429. The lowest BCUT2D eigenvalue weighted by Crippen LogP contribution is -2.39. The average Bonchev–Trinajstić information content (AvgIpc) is 3.72. The van der Waals surface area contributed by atoms with Crippen LogP contribution in [0.4, 0.5) is 23.0 Å². The van der Waals surface area contributed by atoms with E-state index in [9.17, 15) is 26.4 Å². The van der Waals surface area contributed by atoms with Gasteiger partial charge in [-0.15, -0.1) is 0 Å². The molecule has 3 saturated heterocycles. The smallest absolute Gasteiger partial charge is 0.256 e. The maximum Gasteiger partial charge on any atom is 0.256 e. The summed E-state index contributed by atoms with van der Waals surface area (Å²) in [4.78, 5) is 44.7. The van der Waals surface area contributed by atoms with Crippen molar-refractivity contribution >= 4 is 77.8 Å². The number of hydrogen-bond donors (Lipinski definition) is 5. The number of nitrogens with one attached hydrogen (secondary N) is 3. The van der Waals surface area contributed by atoms with E-state index in [-0.39, 0.29) is 58.3 Å². The van der Waals surface area contributed by atoms with Gasteiger partial charge in [0, 0.05) is 90.9 Å². The second-order valence-electron chi connectivity index (χ2n) is 22.2. The Morgan fingerprint density at radius 2 is 1.24 bits per heavy atom. The highest BCUT2D eigenvalue weighted by Crippen LogP contribution is 2.38. The van der Waals surface area contributed by atoms with Gasteiger partial charge in [-0.1, -0.05) is 41.9 Å². The molecule has 4 atom stereocenters. The molecular weight excluding hydrogens is 1060 g/mol. The van der Waals surface area contributed by atoms with Crippen LogP contribution >= 0.6 is 11.6 Å². The summed E-state index contributed by atoms with van der Waals surface area (Å²) in [6.45, 7) is 6.85. The van der Waals surface area contributed by atoms with Crippen molar-refractivity contribution in [2.24, 2.45) is 11.5 Å². The standard InChI is InChI=1S/C56H67ClN14O6S2/c1-34-29-70-50(61-52(34)60-33-56(59)21-22-56)27-46(63-70)48-9-5-7-23-68(48)54(72)40-25-37(15-19-44(40)65-78(3,74)75)12-11-36-13-16-38(17-14-36)42-31-67(32-43(42)58)53-35(2)30-71-51(62-53)28-47(64-71)49-10-6-8-24-69(49)55(73)41-26-39(57)18-20-45(41)66-79(4,76)77/h13-20,25-30,42-43,48-49,65-66H,5-12,21-24,31-33,58-59H2,1-4H3,(H,60,61)/t42-,43+,48-,49-/m0/s1. The van der Waals surface area contributed by atoms with Crippen molar-refractivity contribution in [1.29, 1.82) is 0 Å². The molecular formula is C56H67ClN14O6S2. The van der Waals surface area contributed by atoms with Gasteiger partial charge in [0.15, 0.2) is 11.3 Å². The SMILES string of the molecule is Cc1cn2nc([C@@H]3CCCCN3C(=O)c3cc(CCc4ccc([C@@H]5CN(c6nc7cc([C@@H]8CCCCN8C(=O)c8cc(Cl)ccc8NS(C)(=O)=O)nn7cc6C)C[C@H]5N)cc4)ccc3NS(C)(=O)=O)cc2nc1NCC1(N)CC1. The van der Waals surface area contributed by atoms with Gasteiger partial charge in [-0.3, -0.25) is 19.0 Å². The third kappa shape index (κ3) is 11.9. The topological polar surface area (TPSA) is 261 Å². The summed E-state index contributed by atoms with van der Waals surface area (Å²) in [5.41, 5.74) is 21.6. The van der Waals surface area contributed by atoms with Crippen molar-refractivity contribution in [1.82, 2.24) is 39.0 Å². The Morgan fingerprint density at radius 1 is 0.696 bits per heavy atom. The van der Waals surface area contributed by atoms with Gasteiger partial charge in [-0.2, -0.15) is 10.2 Å². The zero-order chi connectivity index (χ0) is 55.5. The van der Waals surface area contributed by atoms with Gasteiger partial charge < -0.3 is 31.5 Å². The zero-order valence-electron chi connectivity index (χ0n) is 44.8. The minimum atomic E-state index is -3.70. The van der Waals surface area contributed by atoms with Crippen LogP contribution in [0.15, 0.2) is 85.2 Å². The van der Waals surface area contributed by atoms with Crippen LogP contribution in [0.5, 0.6) is 0 Å². The van der Waals surface area contributed by atoms with E-state index in [4.69, 9.17) is 43.2 Å². The molecule has 7 N–H and O–H groups in total. The molecule has 23 heteroatoms. The Labute approximate surface area is 465 Å². The first-order valence-corrected chi connectivity index (χ1v) is 31.2. The number of carbonyl (C=O) groups excluding carboxylic acids is 2. The number of amides is 2. The van der Waals surface area contributed by atoms with E-state index in [2.05, 4.69) is 43.9 Å². The Morgan fingerprint density at radius 3 is 1.84 bits per heavy atom. The number of halogens is 1. The minimum Gasteiger partial charge on any atom is -0.368 e. The van der Waals surface area contributed by atoms with Gasteiger partial charge in [-0.25, -0.2) is 35.8 Å². The molecule has 0 radical (unpaired) electrons. The lowest BCUT2D eigenvalue weighted by Gasteiger charge is -2.35. The first-order valence-electron chi connectivity index (χ1n) is 27.0. The molecule has 0 bridgehead atoms. The van der Waals surface area contributed by atoms with E-state index in [1.807, 2.05) is 55.4 Å². The number of benzene rings is 3. The molecule has 1 saturated carbocycles. The monoisotopic (exact) mass is 1130 g/mol. The number of sulfonamides is 2. The number of aryl methyl sites for hydroxylation is 4. The predicted molar refractivity (Wildman–Crippen MR) is 307 cm³/mol. The molecule has 416 valence electrons. The predicted octanol–water partition coefficient (Wildman–Crippen LogP) is 7.14. The van der Waals surface area contributed by atoms with Crippen molar-refractivity contribution in [3.63, 3.8) is 0 Å². The lowest BCUT2D eigenvalue weighted by atomic mass is 9.93. The summed E-state index contributed by atoms with van der Waals surface area (Å²) in [7, 11) is -7.37. The number of aromatic nitrogens is 6. The molecule has 2 amide bonds. The number of piperidine rings is 2. The number of hydrogen-bond acceptors (Lipinski definition) is 14. The van der Waals surface area contributed by atoms with Crippen LogP contribution in [-0.4, -0.2) is 124 Å². The number of fused-ring (bicyclic) bond motifs is 2. The Bertz CT molecular complexity index is 3740. The van der Waals surface area contributed by atoms with Gasteiger partial charge >= 0.3 is 0 Å². The van der Waals surface area contributed by atoms with E-state index in [1.165, 1.54) is 12.1 Å². The number of nitrogens with zero attached hydrogens (tertiary/aromatic N) is 9. The highest BCUT2D eigenvalue weighted by atomic mass is 35.5. The maximum absolute atomic E-state index is 14.8. The fourth-order valence-corrected chi connectivity index (χ4v) is 12.8. The van der Waals surface area contributed by atoms with Gasteiger partial charge in [0.2, 0.25) is 20.0 Å². The molecule has 4 fully saturated rings. The minimum absolute atomic E-state index is 0.0380. The Kier molecular flexibility index (Phi) is 14.6. The summed E-state index contributed by atoms with van der Waals surface area (Å²) in [6.07, 6.45) is 14.1. The van der Waals surface area contributed by atoms with Crippen LogP contribution in [0.1, 0.15) is 129 Å². The van der Waals surface area contributed by atoms with Crippen molar-refractivity contribution in [2.75, 3.05) is 64.9 Å². The molecule has 0 unspecified atom stereocenters. The van der Waals surface area contributed by atoms with Crippen molar-refractivity contribution in [3.05, 3.63) is 141 Å². The summed E-state index contributed by atoms with van der Waals surface area (Å²) in [6, 6.07) is 21.5. The number of rotatable bonds is 16. The molecule has 7 heterocycles. The number of likely N-dealkylation sites (tertiary alicyclic amines) is 2. The van der Waals surface area contributed by atoms with Crippen molar-refractivity contribution in [3.8, 4) is 0 Å². The quantitative estimate of drug-likeness (QED) is 0.0645. The molecule has 4 aromatic heterocycles. The Hall–Kier alpha value is -6.85. The van der Waals surface area contributed by atoms with E-state index in [0.29, 0.717) is 86.0 Å². The Balaban J connectivity index is 0.764. The summed E-state index contributed by atoms with van der Waals surface area (Å²) in [5.74, 6) is 1.01. The molecule has 20 nitrogen and oxygen atoms in total. The third-order valence-corrected chi connectivity index (χ3v) is 17.3. The van der Waals surface area contributed by atoms with Crippen molar-refractivity contribution < 1.29 is 26.4 Å². The molecule has 3 aromatic carbocycles. The molecule has 7 aromatic rings. The zero-order valence-corrected chi connectivity index (χ0v) is 47.2. The first-order chi connectivity index (χ1) is 37.6. The van der Waals surface area contributed by atoms with E-state index >= 15 is 0 Å². The largest absolute Gasteiger partial charge is 0.368 e. The van der Waals surface area contributed by atoms with Crippen LogP contribution in [0.25, 0.3) is 11.3 Å². The molecule has 0 spiro atoms. The van der Waals surface area contributed by atoms with Crippen LogP contribution < -0.4 is 31.1 Å². The second kappa shape index (κ2) is 21.3. The van der Waals surface area contributed by atoms with Gasteiger partial charge in [0.1, 0.15) is 11.6 Å². The van der Waals surface area contributed by atoms with E-state index in [0.717, 1.165) is 96.2 Å². The van der Waals surface area contributed by atoms with Crippen molar-refractivity contribution in [2.45, 2.75) is 108 Å². The molecule has 79 heavy (non-hydrogen) atoms. The van der Waals surface area contributed by atoms with Crippen LogP contribution in [0, 0.1) is 13.8 Å². The number of carbonyl (C=O) groups is 2. The van der Waals surface area contributed by atoms with E-state index < -0.39 is 20.0 Å². The van der Waals surface area contributed by atoms with E-state index in [1.54, 1.807) is 26.1 Å². The van der Waals surface area contributed by atoms with Crippen LogP contribution in [0.3, 0.4) is 0 Å². The third-order valence-electron chi connectivity index (χ3n) is 15.9. The van der Waals surface area contributed by atoms with Crippen LogP contribution in [0.2, 0.25) is 5.02 Å². The molecule has 3 aliphatic heterocycles. The lowest BCUT2D eigenvalue weighted by molar-refractivity contribution is 0.0600. The normalized spacial score (nSPS) is 20.5. The number of nitrogens with two attached hydrogens (primary N) is 2. The van der Waals surface area contributed by atoms with Gasteiger partial charge in [0.05, 0.1) is 58.5 Å². The molecule has 11 rings (SSSR count).